The van der Waals surface area contributed by atoms with E-state index in [1.54, 1.807) is 39.8 Å². The number of carbonyl (C=O) groups is 2. The van der Waals surface area contributed by atoms with Gasteiger partial charge in [-0.3, -0.25) is 9.59 Å². The first kappa shape index (κ1) is 15.9. The van der Waals surface area contributed by atoms with Gasteiger partial charge in [-0.2, -0.15) is 0 Å². The van der Waals surface area contributed by atoms with Gasteiger partial charge in [-0.05, 0) is 39.8 Å². The molecule has 1 fully saturated rings. The second kappa shape index (κ2) is 5.09. The summed E-state index contributed by atoms with van der Waals surface area (Å²) < 4.78 is 14.6. The van der Waals surface area contributed by atoms with Gasteiger partial charge in [-0.25, -0.2) is 4.39 Å². The third kappa shape index (κ3) is 2.81. The SMILES string of the molecule is CC1(C)NC(=O)C(C)(C)N(Cc2ccc(Br)cc2F)C1=O. The Morgan fingerprint density at radius 2 is 1.86 bits per heavy atom. The average Bonchev–Trinajstić information content (AvgIpc) is 2.34. The van der Waals surface area contributed by atoms with E-state index in [0.717, 1.165) is 0 Å². The zero-order chi connectivity index (χ0) is 16.0. The van der Waals surface area contributed by atoms with E-state index in [4.69, 9.17) is 0 Å². The summed E-state index contributed by atoms with van der Waals surface area (Å²) in [5.41, 5.74) is -1.63. The van der Waals surface area contributed by atoms with Crippen LogP contribution in [0.4, 0.5) is 4.39 Å². The van der Waals surface area contributed by atoms with Gasteiger partial charge in [0.25, 0.3) is 0 Å². The molecule has 4 nitrogen and oxygen atoms in total. The molecule has 1 aliphatic rings. The highest BCUT2D eigenvalue weighted by molar-refractivity contribution is 9.10. The molecule has 0 unspecified atom stereocenters. The zero-order valence-electron chi connectivity index (χ0n) is 12.5. The maximum Gasteiger partial charge on any atom is 0.248 e. The minimum absolute atomic E-state index is 0.0573. The first-order valence-corrected chi connectivity index (χ1v) is 7.43. The highest BCUT2D eigenvalue weighted by Crippen LogP contribution is 2.28. The standard InChI is InChI=1S/C15H18BrFN2O2/c1-14(2)13(21)19(15(3,4)12(20)18-14)8-9-5-6-10(16)7-11(9)17/h5-7H,8H2,1-4H3,(H,18,20). The minimum atomic E-state index is -1.02. The molecule has 2 rings (SSSR count). The fourth-order valence-electron chi connectivity index (χ4n) is 2.29. The summed E-state index contributed by atoms with van der Waals surface area (Å²) in [6, 6.07) is 4.68. The number of halogens is 2. The number of nitrogens with one attached hydrogen (secondary N) is 1. The van der Waals surface area contributed by atoms with Crippen LogP contribution < -0.4 is 5.32 Å². The van der Waals surface area contributed by atoms with Crippen LogP contribution in [-0.4, -0.2) is 27.8 Å². The number of benzene rings is 1. The highest BCUT2D eigenvalue weighted by atomic mass is 79.9. The van der Waals surface area contributed by atoms with E-state index in [9.17, 15) is 14.0 Å². The Balaban J connectivity index is 2.39. The Hall–Kier alpha value is -1.43. The van der Waals surface area contributed by atoms with Crippen molar-refractivity contribution in [3.05, 3.63) is 34.1 Å². The molecule has 6 heteroatoms. The lowest BCUT2D eigenvalue weighted by Gasteiger charge is -2.47. The molecule has 0 spiro atoms. The third-order valence-corrected chi connectivity index (χ3v) is 4.27. The molecular weight excluding hydrogens is 339 g/mol. The number of rotatable bonds is 2. The second-order valence-corrected chi connectivity index (χ2v) is 7.18. The molecule has 1 N–H and O–H groups in total. The highest BCUT2D eigenvalue weighted by Gasteiger charge is 2.50. The van der Waals surface area contributed by atoms with Crippen LogP contribution in [0.25, 0.3) is 0 Å². The van der Waals surface area contributed by atoms with E-state index in [1.807, 2.05) is 0 Å². The summed E-state index contributed by atoms with van der Waals surface area (Å²) in [7, 11) is 0. The molecule has 1 aliphatic heterocycles. The molecule has 114 valence electrons. The molecule has 0 radical (unpaired) electrons. The summed E-state index contributed by atoms with van der Waals surface area (Å²) in [6.07, 6.45) is 0. The molecule has 0 saturated carbocycles. The van der Waals surface area contributed by atoms with Gasteiger partial charge in [0, 0.05) is 16.6 Å². The maximum atomic E-state index is 14.0. The van der Waals surface area contributed by atoms with E-state index in [2.05, 4.69) is 21.2 Å². The summed E-state index contributed by atoms with van der Waals surface area (Å²) in [5.74, 6) is -0.879. The van der Waals surface area contributed by atoms with Crippen LogP contribution in [0.15, 0.2) is 22.7 Å². The normalized spacial score (nSPS) is 20.4. The molecule has 2 amide bonds. The molecule has 1 heterocycles. The number of piperazine rings is 1. The maximum absolute atomic E-state index is 14.0. The van der Waals surface area contributed by atoms with E-state index in [-0.39, 0.29) is 18.4 Å². The molecule has 1 aromatic rings. The summed E-state index contributed by atoms with van der Waals surface area (Å²) in [6.45, 7) is 6.67. The Morgan fingerprint density at radius 3 is 2.43 bits per heavy atom. The van der Waals surface area contributed by atoms with Crippen molar-refractivity contribution >= 4 is 27.7 Å². The zero-order valence-corrected chi connectivity index (χ0v) is 14.0. The third-order valence-electron chi connectivity index (χ3n) is 3.78. The molecular formula is C15H18BrFN2O2. The van der Waals surface area contributed by atoms with Crippen LogP contribution in [0.1, 0.15) is 33.3 Å². The molecule has 1 aromatic carbocycles. The van der Waals surface area contributed by atoms with Crippen LogP contribution in [0.3, 0.4) is 0 Å². The van der Waals surface area contributed by atoms with Crippen molar-refractivity contribution in [1.29, 1.82) is 0 Å². The average molecular weight is 357 g/mol. The number of carbonyl (C=O) groups excluding carboxylic acids is 2. The van der Waals surface area contributed by atoms with Crippen LogP contribution in [0.5, 0.6) is 0 Å². The van der Waals surface area contributed by atoms with Gasteiger partial charge in [0.2, 0.25) is 11.8 Å². The first-order valence-electron chi connectivity index (χ1n) is 6.64. The predicted molar refractivity (Wildman–Crippen MR) is 81.0 cm³/mol. The quantitative estimate of drug-likeness (QED) is 0.885. The molecule has 0 atom stereocenters. The largest absolute Gasteiger partial charge is 0.340 e. The topological polar surface area (TPSA) is 49.4 Å². The van der Waals surface area contributed by atoms with Crippen molar-refractivity contribution in [2.24, 2.45) is 0 Å². The minimum Gasteiger partial charge on any atom is -0.340 e. The van der Waals surface area contributed by atoms with Gasteiger partial charge < -0.3 is 10.2 Å². The van der Waals surface area contributed by atoms with Crippen molar-refractivity contribution in [1.82, 2.24) is 10.2 Å². The Morgan fingerprint density at radius 1 is 1.24 bits per heavy atom. The number of hydrogen-bond acceptors (Lipinski definition) is 2. The van der Waals surface area contributed by atoms with Crippen LogP contribution in [-0.2, 0) is 16.1 Å². The van der Waals surface area contributed by atoms with Crippen molar-refractivity contribution in [2.45, 2.75) is 45.3 Å². The Bertz CT molecular complexity index is 614. The molecule has 0 bridgehead atoms. The van der Waals surface area contributed by atoms with E-state index < -0.39 is 16.9 Å². The second-order valence-electron chi connectivity index (χ2n) is 6.27. The molecule has 0 aliphatic carbocycles. The van der Waals surface area contributed by atoms with E-state index in [0.29, 0.717) is 10.0 Å². The molecule has 21 heavy (non-hydrogen) atoms. The molecule has 0 aromatic heterocycles. The van der Waals surface area contributed by atoms with Crippen LogP contribution in [0, 0.1) is 5.82 Å². The van der Waals surface area contributed by atoms with Gasteiger partial charge in [-0.1, -0.05) is 22.0 Å². The van der Waals surface area contributed by atoms with E-state index in [1.165, 1.54) is 11.0 Å². The summed E-state index contributed by atoms with van der Waals surface area (Å²) in [5, 5.41) is 2.70. The lowest BCUT2D eigenvalue weighted by molar-refractivity contribution is -0.160. The van der Waals surface area contributed by atoms with E-state index >= 15 is 0 Å². The predicted octanol–water partition coefficient (Wildman–Crippen LogP) is 2.60. The lowest BCUT2D eigenvalue weighted by Crippen LogP contribution is -2.71. The first-order chi connectivity index (χ1) is 9.55. The van der Waals surface area contributed by atoms with Crippen LogP contribution in [0.2, 0.25) is 0 Å². The monoisotopic (exact) mass is 356 g/mol. The number of amides is 2. The number of hydrogen-bond donors (Lipinski definition) is 1. The molecule has 1 saturated heterocycles. The lowest BCUT2D eigenvalue weighted by atomic mass is 9.89. The van der Waals surface area contributed by atoms with Crippen molar-refractivity contribution in [3.63, 3.8) is 0 Å². The van der Waals surface area contributed by atoms with Crippen molar-refractivity contribution in [2.75, 3.05) is 0 Å². The number of nitrogens with zero attached hydrogens (tertiary/aromatic N) is 1. The van der Waals surface area contributed by atoms with Crippen molar-refractivity contribution < 1.29 is 14.0 Å². The smallest absolute Gasteiger partial charge is 0.248 e. The Kier molecular flexibility index (Phi) is 3.86. The fourth-order valence-corrected chi connectivity index (χ4v) is 2.63. The fraction of sp³-hybridized carbons (Fsp3) is 0.467. The summed E-state index contributed by atoms with van der Waals surface area (Å²) in [4.78, 5) is 26.2. The van der Waals surface area contributed by atoms with Gasteiger partial charge in [0.05, 0.1) is 0 Å². The summed E-state index contributed by atoms with van der Waals surface area (Å²) >= 11 is 3.20. The Labute approximate surface area is 131 Å². The van der Waals surface area contributed by atoms with Gasteiger partial charge >= 0.3 is 0 Å². The van der Waals surface area contributed by atoms with Gasteiger partial charge in [0.1, 0.15) is 16.9 Å². The van der Waals surface area contributed by atoms with Gasteiger partial charge in [-0.15, -0.1) is 0 Å². The van der Waals surface area contributed by atoms with Gasteiger partial charge in [0.15, 0.2) is 0 Å². The van der Waals surface area contributed by atoms with Crippen molar-refractivity contribution in [3.8, 4) is 0 Å². The van der Waals surface area contributed by atoms with Crippen LogP contribution >= 0.6 is 15.9 Å².